The zero-order valence-corrected chi connectivity index (χ0v) is 14.9. The maximum atomic E-state index is 6.08. The molecule has 3 N–H and O–H groups in total. The molecular weight excluding hydrogens is 310 g/mol. The maximum absolute atomic E-state index is 6.08. The van der Waals surface area contributed by atoms with E-state index in [1.807, 2.05) is 12.1 Å². The minimum Gasteiger partial charge on any atom is -0.377 e. The summed E-state index contributed by atoms with van der Waals surface area (Å²) in [5.41, 5.74) is 12.3. The number of ether oxygens (including phenoxy) is 1. The Bertz CT molecular complexity index is 740. The number of rotatable bonds is 7. The van der Waals surface area contributed by atoms with Crippen molar-refractivity contribution in [2.45, 2.75) is 45.8 Å². The molecule has 0 atom stereocenters. The summed E-state index contributed by atoms with van der Waals surface area (Å²) in [6.45, 7) is 4.06. The van der Waals surface area contributed by atoms with Gasteiger partial charge in [-0.1, -0.05) is 37.3 Å². The van der Waals surface area contributed by atoms with Crippen LogP contribution in [0.2, 0.25) is 0 Å². The first-order chi connectivity index (χ1) is 12.3. The van der Waals surface area contributed by atoms with Crippen LogP contribution < -0.4 is 11.1 Å². The number of aliphatic imine (C=N–C) groups is 1. The second-order valence-corrected chi connectivity index (χ2v) is 6.48. The number of aryl methyl sites for hydroxylation is 2. The van der Waals surface area contributed by atoms with Crippen molar-refractivity contribution in [3.8, 4) is 0 Å². The van der Waals surface area contributed by atoms with Crippen molar-refractivity contribution in [2.24, 2.45) is 10.7 Å². The van der Waals surface area contributed by atoms with Gasteiger partial charge in [-0.3, -0.25) is 0 Å². The van der Waals surface area contributed by atoms with Gasteiger partial charge in [-0.2, -0.15) is 0 Å². The molecular formula is C21H27N3O. The van der Waals surface area contributed by atoms with E-state index in [1.165, 1.54) is 29.5 Å². The lowest BCUT2D eigenvalue weighted by molar-refractivity contribution is 0.121. The number of benzene rings is 2. The van der Waals surface area contributed by atoms with Crippen LogP contribution in [0.4, 0.5) is 5.69 Å². The van der Waals surface area contributed by atoms with E-state index in [1.54, 1.807) is 0 Å². The van der Waals surface area contributed by atoms with Crippen molar-refractivity contribution in [1.29, 1.82) is 0 Å². The number of hydrogen-bond donors (Lipinski definition) is 2. The summed E-state index contributed by atoms with van der Waals surface area (Å²) in [7, 11) is 0. The molecule has 0 amide bonds. The van der Waals surface area contributed by atoms with E-state index in [4.69, 9.17) is 10.5 Å². The van der Waals surface area contributed by atoms with Crippen molar-refractivity contribution >= 4 is 11.6 Å². The van der Waals surface area contributed by atoms with Gasteiger partial charge in [-0.15, -0.1) is 0 Å². The number of anilines is 1. The maximum Gasteiger partial charge on any atom is 0.193 e. The number of nitrogens with two attached hydrogens (primary N) is 1. The number of hydrogen-bond acceptors (Lipinski definition) is 2. The van der Waals surface area contributed by atoms with Crippen LogP contribution in [0.25, 0.3) is 0 Å². The van der Waals surface area contributed by atoms with Crippen LogP contribution >= 0.6 is 0 Å². The molecule has 0 heterocycles. The molecule has 0 saturated carbocycles. The first-order valence-corrected chi connectivity index (χ1v) is 9.09. The minimum atomic E-state index is 0.447. The monoisotopic (exact) mass is 337 g/mol. The molecule has 0 bridgehead atoms. The largest absolute Gasteiger partial charge is 0.377 e. The molecule has 132 valence electrons. The summed E-state index contributed by atoms with van der Waals surface area (Å²) < 4.78 is 5.66. The molecule has 1 aliphatic rings. The van der Waals surface area contributed by atoms with Gasteiger partial charge in [0.05, 0.1) is 13.2 Å². The standard InChI is InChI=1S/C21H27N3O/c1-2-12-25-15-19-7-4-3-6-18(19)14-23-21(22)24-20-11-10-16-8-5-9-17(16)13-20/h3-4,6-7,10-11,13H,2,5,8-9,12,14-15H2,1H3,(H3,22,23,24). The molecule has 0 unspecified atom stereocenters. The summed E-state index contributed by atoms with van der Waals surface area (Å²) in [6, 6.07) is 14.7. The summed E-state index contributed by atoms with van der Waals surface area (Å²) >= 11 is 0. The normalized spacial score (nSPS) is 13.7. The highest BCUT2D eigenvalue weighted by molar-refractivity contribution is 5.92. The molecule has 1 aliphatic carbocycles. The van der Waals surface area contributed by atoms with Gasteiger partial charge in [0.15, 0.2) is 5.96 Å². The fraction of sp³-hybridized carbons (Fsp3) is 0.381. The lowest BCUT2D eigenvalue weighted by atomic mass is 10.1. The molecule has 0 saturated heterocycles. The third-order valence-corrected chi connectivity index (χ3v) is 4.52. The van der Waals surface area contributed by atoms with Crippen molar-refractivity contribution in [3.05, 3.63) is 64.7 Å². The van der Waals surface area contributed by atoms with E-state index in [9.17, 15) is 0 Å². The molecule has 4 heteroatoms. The van der Waals surface area contributed by atoms with Gasteiger partial charge in [0.2, 0.25) is 0 Å². The van der Waals surface area contributed by atoms with E-state index in [0.717, 1.165) is 30.7 Å². The van der Waals surface area contributed by atoms with Crippen LogP contribution in [0.5, 0.6) is 0 Å². The molecule has 4 nitrogen and oxygen atoms in total. The highest BCUT2D eigenvalue weighted by atomic mass is 16.5. The molecule has 0 fully saturated rings. The predicted molar refractivity (Wildman–Crippen MR) is 104 cm³/mol. The van der Waals surface area contributed by atoms with Crippen LogP contribution in [0.1, 0.15) is 42.0 Å². The van der Waals surface area contributed by atoms with Crippen LogP contribution in [0.3, 0.4) is 0 Å². The fourth-order valence-corrected chi connectivity index (χ4v) is 3.19. The smallest absolute Gasteiger partial charge is 0.193 e. The highest BCUT2D eigenvalue weighted by Crippen LogP contribution is 2.24. The van der Waals surface area contributed by atoms with E-state index in [0.29, 0.717) is 19.1 Å². The molecule has 0 aromatic heterocycles. The Hall–Kier alpha value is -2.33. The molecule has 0 spiro atoms. The lowest BCUT2D eigenvalue weighted by Crippen LogP contribution is -2.22. The number of guanidine groups is 1. The second-order valence-electron chi connectivity index (χ2n) is 6.48. The Morgan fingerprint density at radius 1 is 1.12 bits per heavy atom. The van der Waals surface area contributed by atoms with Crippen molar-refractivity contribution in [1.82, 2.24) is 0 Å². The number of fused-ring (bicyclic) bond motifs is 1. The van der Waals surface area contributed by atoms with Crippen molar-refractivity contribution in [3.63, 3.8) is 0 Å². The molecule has 2 aromatic carbocycles. The van der Waals surface area contributed by atoms with Gasteiger partial charge in [-0.05, 0) is 60.1 Å². The van der Waals surface area contributed by atoms with Gasteiger partial charge in [0, 0.05) is 12.3 Å². The topological polar surface area (TPSA) is 59.6 Å². The SMILES string of the molecule is CCCOCc1ccccc1CN=C(N)Nc1ccc2c(c1)CCC2. The summed E-state index contributed by atoms with van der Waals surface area (Å²) in [4.78, 5) is 4.50. The Balaban J connectivity index is 1.61. The molecule has 0 radical (unpaired) electrons. The van der Waals surface area contributed by atoms with E-state index in [2.05, 4.69) is 47.6 Å². The zero-order chi connectivity index (χ0) is 17.5. The average Bonchev–Trinajstić information content (AvgIpc) is 3.09. The van der Waals surface area contributed by atoms with Crippen LogP contribution in [-0.2, 0) is 30.7 Å². The van der Waals surface area contributed by atoms with E-state index in [-0.39, 0.29) is 0 Å². The molecule has 3 rings (SSSR count). The van der Waals surface area contributed by atoms with Gasteiger partial charge in [0.25, 0.3) is 0 Å². The molecule has 25 heavy (non-hydrogen) atoms. The minimum absolute atomic E-state index is 0.447. The van der Waals surface area contributed by atoms with Crippen LogP contribution in [0, 0.1) is 0 Å². The van der Waals surface area contributed by atoms with Crippen molar-refractivity contribution < 1.29 is 4.74 Å². The molecule has 0 aliphatic heterocycles. The summed E-state index contributed by atoms with van der Waals surface area (Å²) in [5, 5.41) is 3.21. The van der Waals surface area contributed by atoms with Gasteiger partial charge in [0.1, 0.15) is 0 Å². The van der Waals surface area contributed by atoms with Crippen molar-refractivity contribution in [2.75, 3.05) is 11.9 Å². The first kappa shape index (κ1) is 17.5. The fourth-order valence-electron chi connectivity index (χ4n) is 3.19. The van der Waals surface area contributed by atoms with E-state index < -0.39 is 0 Å². The Kier molecular flexibility index (Phi) is 6.07. The first-order valence-electron chi connectivity index (χ1n) is 9.09. The zero-order valence-electron chi connectivity index (χ0n) is 14.9. The second kappa shape index (κ2) is 8.67. The third-order valence-electron chi connectivity index (χ3n) is 4.52. The number of nitrogens with one attached hydrogen (secondary N) is 1. The number of nitrogens with zero attached hydrogens (tertiary/aromatic N) is 1. The Labute approximate surface area is 150 Å². The van der Waals surface area contributed by atoms with Crippen LogP contribution in [0.15, 0.2) is 47.5 Å². The Morgan fingerprint density at radius 3 is 2.76 bits per heavy atom. The predicted octanol–water partition coefficient (Wildman–Crippen LogP) is 4.03. The van der Waals surface area contributed by atoms with E-state index >= 15 is 0 Å². The summed E-state index contributed by atoms with van der Waals surface area (Å²) in [6.07, 6.45) is 4.63. The van der Waals surface area contributed by atoms with Crippen LogP contribution in [-0.4, -0.2) is 12.6 Å². The summed E-state index contributed by atoms with van der Waals surface area (Å²) in [5.74, 6) is 0.447. The quantitative estimate of drug-likeness (QED) is 0.455. The lowest BCUT2D eigenvalue weighted by Gasteiger charge is -2.10. The molecule has 2 aromatic rings. The highest BCUT2D eigenvalue weighted by Gasteiger charge is 2.11. The van der Waals surface area contributed by atoms with Gasteiger partial charge in [-0.25, -0.2) is 4.99 Å². The third kappa shape index (κ3) is 4.83. The van der Waals surface area contributed by atoms with Gasteiger partial charge < -0.3 is 15.8 Å². The Morgan fingerprint density at radius 2 is 1.92 bits per heavy atom. The average molecular weight is 337 g/mol. The van der Waals surface area contributed by atoms with Gasteiger partial charge >= 0.3 is 0 Å².